The van der Waals surface area contributed by atoms with Gasteiger partial charge in [-0.05, 0) is 0 Å². The largest absolute Gasteiger partial charge is 0.381 e. The zero-order chi connectivity index (χ0) is 11.0. The van der Waals surface area contributed by atoms with Gasteiger partial charge in [-0.15, -0.1) is 0 Å². The Morgan fingerprint density at radius 2 is 2.33 bits per heavy atom. The third-order valence-electron chi connectivity index (χ3n) is 2.51. The lowest BCUT2D eigenvalue weighted by molar-refractivity contribution is 0.163. The summed E-state index contributed by atoms with van der Waals surface area (Å²) >= 11 is 0. The van der Waals surface area contributed by atoms with Gasteiger partial charge in [-0.25, -0.2) is 4.79 Å². The third kappa shape index (κ3) is 1.62. The molecule has 0 spiro atoms. The fourth-order valence-corrected chi connectivity index (χ4v) is 1.68. The van der Waals surface area contributed by atoms with Crippen LogP contribution in [0.5, 0.6) is 0 Å². The van der Waals surface area contributed by atoms with Crippen molar-refractivity contribution in [2.45, 2.75) is 13.0 Å². The van der Waals surface area contributed by atoms with Crippen LogP contribution in [0.2, 0.25) is 0 Å². The standard InChI is InChI=1S/C9H14N4O2/c1-12(2)9(14)13-4-3-7-6(5-13)8(10)11-15-7/h3-5H2,1-2H3,(H2,10,11). The Labute approximate surface area is 87.6 Å². The summed E-state index contributed by atoms with van der Waals surface area (Å²) in [6, 6.07) is -0.0127. The molecule has 0 radical (unpaired) electrons. The van der Waals surface area contributed by atoms with Gasteiger partial charge >= 0.3 is 6.03 Å². The number of amides is 2. The molecule has 0 bridgehead atoms. The fraction of sp³-hybridized carbons (Fsp3) is 0.556. The number of aromatic nitrogens is 1. The first-order valence-electron chi connectivity index (χ1n) is 4.78. The normalized spacial score (nSPS) is 14.9. The van der Waals surface area contributed by atoms with Gasteiger partial charge in [-0.3, -0.25) is 0 Å². The average molecular weight is 210 g/mol. The van der Waals surface area contributed by atoms with Crippen molar-refractivity contribution in [3.8, 4) is 0 Å². The van der Waals surface area contributed by atoms with Crippen LogP contribution in [0.3, 0.4) is 0 Å². The van der Waals surface area contributed by atoms with E-state index in [2.05, 4.69) is 5.16 Å². The number of hydrogen-bond donors (Lipinski definition) is 1. The minimum Gasteiger partial charge on any atom is -0.381 e. The summed E-state index contributed by atoms with van der Waals surface area (Å²) in [5.41, 5.74) is 6.49. The number of nitrogen functional groups attached to an aromatic ring is 1. The molecule has 1 aromatic heterocycles. The number of rotatable bonds is 0. The highest BCUT2D eigenvalue weighted by Crippen LogP contribution is 2.23. The number of nitrogens with zero attached hydrogens (tertiary/aromatic N) is 3. The van der Waals surface area contributed by atoms with Crippen molar-refractivity contribution >= 4 is 11.8 Å². The van der Waals surface area contributed by atoms with Gasteiger partial charge in [-0.1, -0.05) is 5.16 Å². The van der Waals surface area contributed by atoms with E-state index in [0.717, 1.165) is 11.3 Å². The quantitative estimate of drug-likeness (QED) is 0.668. The van der Waals surface area contributed by atoms with E-state index in [-0.39, 0.29) is 6.03 Å². The van der Waals surface area contributed by atoms with E-state index < -0.39 is 0 Å². The van der Waals surface area contributed by atoms with Crippen molar-refractivity contribution in [2.24, 2.45) is 0 Å². The first-order valence-corrected chi connectivity index (χ1v) is 4.78. The number of fused-ring (bicyclic) bond motifs is 1. The Bertz CT molecular complexity index is 385. The lowest BCUT2D eigenvalue weighted by atomic mass is 10.1. The molecule has 0 atom stereocenters. The summed E-state index contributed by atoms with van der Waals surface area (Å²) in [6.45, 7) is 1.14. The molecule has 2 N–H and O–H groups in total. The number of hydrogen-bond acceptors (Lipinski definition) is 4. The summed E-state index contributed by atoms with van der Waals surface area (Å²) in [5.74, 6) is 1.19. The van der Waals surface area contributed by atoms with Crippen LogP contribution >= 0.6 is 0 Å². The van der Waals surface area contributed by atoms with Gasteiger partial charge < -0.3 is 20.1 Å². The van der Waals surface area contributed by atoms with Crippen LogP contribution in [-0.4, -0.2) is 41.6 Å². The second kappa shape index (κ2) is 3.45. The summed E-state index contributed by atoms with van der Waals surface area (Å²) in [5, 5.41) is 3.69. The van der Waals surface area contributed by atoms with E-state index in [1.807, 2.05) is 0 Å². The minimum absolute atomic E-state index is 0.0127. The first-order chi connectivity index (χ1) is 7.09. The molecule has 1 aromatic rings. The van der Waals surface area contributed by atoms with Crippen LogP contribution in [0.1, 0.15) is 11.3 Å². The lowest BCUT2D eigenvalue weighted by Gasteiger charge is -2.28. The van der Waals surface area contributed by atoms with E-state index in [4.69, 9.17) is 10.3 Å². The summed E-state index contributed by atoms with van der Waals surface area (Å²) in [4.78, 5) is 15.0. The molecular formula is C9H14N4O2. The highest BCUT2D eigenvalue weighted by molar-refractivity contribution is 5.74. The van der Waals surface area contributed by atoms with Crippen molar-refractivity contribution in [1.82, 2.24) is 15.0 Å². The average Bonchev–Trinajstić information content (AvgIpc) is 2.59. The molecule has 0 saturated carbocycles. The maximum Gasteiger partial charge on any atom is 0.319 e. The second-order valence-electron chi connectivity index (χ2n) is 3.82. The molecule has 0 fully saturated rings. The molecule has 15 heavy (non-hydrogen) atoms. The molecule has 1 aliphatic rings. The van der Waals surface area contributed by atoms with Crippen LogP contribution < -0.4 is 5.73 Å². The molecule has 0 saturated heterocycles. The van der Waals surface area contributed by atoms with E-state index in [1.54, 1.807) is 23.9 Å². The van der Waals surface area contributed by atoms with Crippen molar-refractivity contribution in [1.29, 1.82) is 0 Å². The Morgan fingerprint density at radius 1 is 1.60 bits per heavy atom. The molecule has 0 unspecified atom stereocenters. The van der Waals surface area contributed by atoms with Crippen molar-refractivity contribution in [3.05, 3.63) is 11.3 Å². The Balaban J connectivity index is 2.18. The van der Waals surface area contributed by atoms with Crippen LogP contribution in [0.15, 0.2) is 4.52 Å². The zero-order valence-corrected chi connectivity index (χ0v) is 8.86. The zero-order valence-electron chi connectivity index (χ0n) is 8.86. The SMILES string of the molecule is CN(C)C(=O)N1CCc2onc(N)c2C1. The molecular weight excluding hydrogens is 196 g/mol. The molecule has 2 rings (SSSR count). The molecule has 1 aliphatic heterocycles. The topological polar surface area (TPSA) is 75.6 Å². The summed E-state index contributed by atoms with van der Waals surface area (Å²) in [6.07, 6.45) is 0.680. The Hall–Kier alpha value is -1.72. The Kier molecular flexibility index (Phi) is 2.26. The number of anilines is 1. The minimum atomic E-state index is -0.0127. The highest BCUT2D eigenvalue weighted by atomic mass is 16.5. The number of nitrogens with two attached hydrogens (primary N) is 1. The van der Waals surface area contributed by atoms with Gasteiger partial charge in [-0.2, -0.15) is 0 Å². The number of urea groups is 1. The predicted octanol–water partition coefficient (Wildman–Crippen LogP) is 0.297. The molecule has 6 heteroatoms. The van der Waals surface area contributed by atoms with E-state index >= 15 is 0 Å². The van der Waals surface area contributed by atoms with Crippen molar-refractivity contribution < 1.29 is 9.32 Å². The molecule has 2 heterocycles. The van der Waals surface area contributed by atoms with E-state index in [1.165, 1.54) is 0 Å². The van der Waals surface area contributed by atoms with Gasteiger partial charge in [0.15, 0.2) is 5.82 Å². The first kappa shape index (κ1) is 9.82. The second-order valence-corrected chi connectivity index (χ2v) is 3.82. The Morgan fingerprint density at radius 3 is 3.00 bits per heavy atom. The monoisotopic (exact) mass is 210 g/mol. The van der Waals surface area contributed by atoms with Gasteiger partial charge in [0.05, 0.1) is 12.1 Å². The number of carbonyl (C=O) groups is 1. The summed E-state index contributed by atoms with van der Waals surface area (Å²) in [7, 11) is 3.46. The maximum atomic E-state index is 11.7. The van der Waals surface area contributed by atoms with Crippen LogP contribution in [0.4, 0.5) is 10.6 Å². The van der Waals surface area contributed by atoms with Gasteiger partial charge in [0.25, 0.3) is 0 Å². The highest BCUT2D eigenvalue weighted by Gasteiger charge is 2.26. The van der Waals surface area contributed by atoms with Crippen molar-refractivity contribution in [3.63, 3.8) is 0 Å². The summed E-state index contributed by atoms with van der Waals surface area (Å²) < 4.78 is 5.05. The maximum absolute atomic E-state index is 11.7. The van der Waals surface area contributed by atoms with Crippen molar-refractivity contribution in [2.75, 3.05) is 26.4 Å². The smallest absolute Gasteiger partial charge is 0.319 e. The lowest BCUT2D eigenvalue weighted by Crippen LogP contribution is -2.41. The fourth-order valence-electron chi connectivity index (χ4n) is 1.68. The van der Waals surface area contributed by atoms with Gasteiger partial charge in [0.2, 0.25) is 0 Å². The van der Waals surface area contributed by atoms with Gasteiger partial charge in [0.1, 0.15) is 5.76 Å². The predicted molar refractivity (Wildman–Crippen MR) is 54.1 cm³/mol. The van der Waals surface area contributed by atoms with Crippen LogP contribution in [-0.2, 0) is 13.0 Å². The third-order valence-corrected chi connectivity index (χ3v) is 2.51. The molecule has 0 aromatic carbocycles. The van der Waals surface area contributed by atoms with Gasteiger partial charge in [0, 0.05) is 27.1 Å². The number of carbonyl (C=O) groups excluding carboxylic acids is 1. The molecule has 0 aliphatic carbocycles. The van der Waals surface area contributed by atoms with Crippen LogP contribution in [0, 0.1) is 0 Å². The molecule has 82 valence electrons. The van der Waals surface area contributed by atoms with E-state index in [0.29, 0.717) is 25.3 Å². The molecule has 2 amide bonds. The van der Waals surface area contributed by atoms with Crippen LogP contribution in [0.25, 0.3) is 0 Å². The molecule has 6 nitrogen and oxygen atoms in total. The van der Waals surface area contributed by atoms with E-state index in [9.17, 15) is 4.79 Å².